The summed E-state index contributed by atoms with van der Waals surface area (Å²) in [6.07, 6.45) is 1.70. The molecule has 6 nitrogen and oxygen atoms in total. The van der Waals surface area contributed by atoms with Crippen molar-refractivity contribution < 1.29 is 9.53 Å². The van der Waals surface area contributed by atoms with Crippen molar-refractivity contribution in [3.63, 3.8) is 0 Å². The van der Waals surface area contributed by atoms with E-state index in [0.29, 0.717) is 12.1 Å². The van der Waals surface area contributed by atoms with Crippen LogP contribution in [-0.4, -0.2) is 45.7 Å². The van der Waals surface area contributed by atoms with Crippen LogP contribution in [0.3, 0.4) is 0 Å². The highest BCUT2D eigenvalue weighted by atomic mass is 79.9. The largest absolute Gasteiger partial charge is 0.497 e. The number of carbonyl (C=O) groups excluding carboxylic acids is 1. The summed E-state index contributed by atoms with van der Waals surface area (Å²) >= 11 is 3.37. The first-order valence-corrected chi connectivity index (χ1v) is 10.0. The lowest BCUT2D eigenvalue weighted by Gasteiger charge is -2.12. The lowest BCUT2D eigenvalue weighted by Crippen LogP contribution is -2.39. The normalized spacial score (nSPS) is 11.0. The topological polar surface area (TPSA) is 74.8 Å². The number of guanidine groups is 1. The number of benzene rings is 2. The van der Waals surface area contributed by atoms with Gasteiger partial charge in [-0.15, -0.1) is 0 Å². The molecule has 0 bridgehead atoms. The van der Waals surface area contributed by atoms with E-state index in [1.54, 1.807) is 20.2 Å². The van der Waals surface area contributed by atoms with Crippen molar-refractivity contribution in [2.75, 3.05) is 33.8 Å². The molecule has 0 spiro atoms. The van der Waals surface area contributed by atoms with Gasteiger partial charge in [0.2, 0.25) is 0 Å². The molecule has 2 aromatic carbocycles. The van der Waals surface area contributed by atoms with Crippen molar-refractivity contribution in [2.24, 2.45) is 4.99 Å². The van der Waals surface area contributed by atoms with Gasteiger partial charge in [0.25, 0.3) is 5.91 Å². The molecule has 0 atom stereocenters. The summed E-state index contributed by atoms with van der Waals surface area (Å²) in [5.74, 6) is 1.55. The Morgan fingerprint density at radius 2 is 1.75 bits per heavy atom. The molecule has 0 aliphatic heterocycles. The van der Waals surface area contributed by atoms with Gasteiger partial charge in [-0.25, -0.2) is 0 Å². The smallest absolute Gasteiger partial charge is 0.251 e. The Bertz CT molecular complexity index is 778. The van der Waals surface area contributed by atoms with Crippen molar-refractivity contribution in [1.82, 2.24) is 16.0 Å². The van der Waals surface area contributed by atoms with Gasteiger partial charge in [-0.3, -0.25) is 9.79 Å². The fourth-order valence-electron chi connectivity index (χ4n) is 2.57. The molecule has 3 N–H and O–H groups in total. The molecule has 2 rings (SSSR count). The zero-order valence-electron chi connectivity index (χ0n) is 16.3. The highest BCUT2D eigenvalue weighted by Gasteiger charge is 2.05. The van der Waals surface area contributed by atoms with Gasteiger partial charge < -0.3 is 20.7 Å². The number of methoxy groups -OCH3 is 1. The number of halogens is 1. The molecule has 28 heavy (non-hydrogen) atoms. The quantitative estimate of drug-likeness (QED) is 0.314. The van der Waals surface area contributed by atoms with Crippen LogP contribution in [0.15, 0.2) is 58.0 Å². The van der Waals surface area contributed by atoms with Crippen molar-refractivity contribution in [3.05, 3.63) is 64.1 Å². The summed E-state index contributed by atoms with van der Waals surface area (Å²) in [6, 6.07) is 15.4. The SMILES string of the molecule is CN=C(NCCCNC(=O)c1cccc(Br)c1)NCCc1ccc(OC)cc1. The Morgan fingerprint density at radius 1 is 1.04 bits per heavy atom. The van der Waals surface area contributed by atoms with E-state index in [0.717, 1.165) is 42.1 Å². The first kappa shape index (κ1) is 21.8. The van der Waals surface area contributed by atoms with Crippen LogP contribution in [0.25, 0.3) is 0 Å². The number of rotatable bonds is 9. The Hall–Kier alpha value is -2.54. The predicted octanol–water partition coefficient (Wildman–Crippen LogP) is 2.99. The van der Waals surface area contributed by atoms with Gasteiger partial charge in [-0.2, -0.15) is 0 Å². The van der Waals surface area contributed by atoms with E-state index in [1.165, 1.54) is 5.56 Å². The lowest BCUT2D eigenvalue weighted by molar-refractivity contribution is 0.0953. The van der Waals surface area contributed by atoms with Crippen molar-refractivity contribution in [2.45, 2.75) is 12.8 Å². The molecule has 7 heteroatoms. The molecule has 0 unspecified atom stereocenters. The van der Waals surface area contributed by atoms with Gasteiger partial charge in [0.15, 0.2) is 5.96 Å². The van der Waals surface area contributed by atoms with E-state index in [2.05, 4.69) is 49.0 Å². The van der Waals surface area contributed by atoms with E-state index in [-0.39, 0.29) is 5.91 Å². The molecule has 0 saturated carbocycles. The third kappa shape index (κ3) is 7.60. The average Bonchev–Trinajstić information content (AvgIpc) is 2.72. The summed E-state index contributed by atoms with van der Waals surface area (Å²) in [5.41, 5.74) is 1.89. The van der Waals surface area contributed by atoms with Crippen molar-refractivity contribution in [1.29, 1.82) is 0 Å². The molecular weight excluding hydrogens is 420 g/mol. The van der Waals surface area contributed by atoms with Crippen LogP contribution < -0.4 is 20.7 Å². The van der Waals surface area contributed by atoms with Gasteiger partial charge in [0, 0.05) is 36.7 Å². The summed E-state index contributed by atoms with van der Waals surface area (Å²) in [7, 11) is 3.41. The fourth-order valence-corrected chi connectivity index (χ4v) is 2.97. The van der Waals surface area contributed by atoms with Crippen molar-refractivity contribution in [3.8, 4) is 5.75 Å². The number of nitrogens with zero attached hydrogens (tertiary/aromatic N) is 1. The molecule has 0 saturated heterocycles. The predicted molar refractivity (Wildman–Crippen MR) is 117 cm³/mol. The van der Waals surface area contributed by atoms with Crippen LogP contribution in [0, 0.1) is 0 Å². The third-order valence-corrected chi connectivity index (χ3v) is 4.60. The number of nitrogens with one attached hydrogen (secondary N) is 3. The second-order valence-electron chi connectivity index (χ2n) is 6.14. The van der Waals surface area contributed by atoms with Gasteiger partial charge in [-0.1, -0.05) is 34.1 Å². The number of aliphatic imine (C=N–C) groups is 1. The lowest BCUT2D eigenvalue weighted by atomic mass is 10.1. The van der Waals surface area contributed by atoms with Crippen LogP contribution >= 0.6 is 15.9 Å². The molecule has 150 valence electrons. The summed E-state index contributed by atoms with van der Waals surface area (Å²) < 4.78 is 6.06. The zero-order valence-corrected chi connectivity index (χ0v) is 17.9. The monoisotopic (exact) mass is 446 g/mol. The first-order valence-electron chi connectivity index (χ1n) is 9.23. The van der Waals surface area contributed by atoms with Gasteiger partial charge in [0.05, 0.1) is 7.11 Å². The Labute approximate surface area is 174 Å². The zero-order chi connectivity index (χ0) is 20.2. The van der Waals surface area contributed by atoms with E-state index in [1.807, 2.05) is 30.3 Å². The molecule has 0 aliphatic rings. The Kier molecular flexibility index (Phi) is 9.34. The molecule has 0 radical (unpaired) electrons. The highest BCUT2D eigenvalue weighted by Crippen LogP contribution is 2.12. The van der Waals surface area contributed by atoms with Crippen LogP contribution in [0.5, 0.6) is 5.75 Å². The molecule has 0 heterocycles. The van der Waals surface area contributed by atoms with Gasteiger partial charge in [0.1, 0.15) is 5.75 Å². The van der Waals surface area contributed by atoms with Crippen LogP contribution in [0.1, 0.15) is 22.3 Å². The molecule has 1 amide bonds. The van der Waals surface area contributed by atoms with Crippen LogP contribution in [0.2, 0.25) is 0 Å². The number of amides is 1. The average molecular weight is 447 g/mol. The second kappa shape index (κ2) is 12.0. The minimum absolute atomic E-state index is 0.0664. The maximum absolute atomic E-state index is 12.1. The summed E-state index contributed by atoms with van der Waals surface area (Å²) in [6.45, 7) is 2.10. The maximum atomic E-state index is 12.1. The maximum Gasteiger partial charge on any atom is 0.251 e. The fraction of sp³-hybridized carbons (Fsp3) is 0.333. The van der Waals surface area contributed by atoms with E-state index in [4.69, 9.17) is 4.74 Å². The van der Waals surface area contributed by atoms with E-state index >= 15 is 0 Å². The highest BCUT2D eigenvalue weighted by molar-refractivity contribution is 9.10. The van der Waals surface area contributed by atoms with E-state index in [9.17, 15) is 4.79 Å². The first-order chi connectivity index (χ1) is 13.6. The van der Waals surface area contributed by atoms with Crippen LogP contribution in [0.4, 0.5) is 0 Å². The minimum atomic E-state index is -0.0664. The Morgan fingerprint density at radius 3 is 2.43 bits per heavy atom. The molecular formula is C21H27BrN4O2. The van der Waals surface area contributed by atoms with Gasteiger partial charge >= 0.3 is 0 Å². The number of carbonyl (C=O) groups is 1. The van der Waals surface area contributed by atoms with E-state index < -0.39 is 0 Å². The molecule has 0 fully saturated rings. The third-order valence-electron chi connectivity index (χ3n) is 4.11. The second-order valence-corrected chi connectivity index (χ2v) is 7.06. The van der Waals surface area contributed by atoms with Gasteiger partial charge in [-0.05, 0) is 48.7 Å². The number of ether oxygens (including phenoxy) is 1. The summed E-state index contributed by atoms with van der Waals surface area (Å²) in [5, 5.41) is 9.47. The summed E-state index contributed by atoms with van der Waals surface area (Å²) in [4.78, 5) is 16.3. The number of hydrogen-bond acceptors (Lipinski definition) is 3. The van der Waals surface area contributed by atoms with Crippen LogP contribution in [-0.2, 0) is 6.42 Å². The molecule has 2 aromatic rings. The van der Waals surface area contributed by atoms with Crippen molar-refractivity contribution >= 4 is 27.8 Å². The Balaban J connectivity index is 1.60. The molecule has 0 aliphatic carbocycles. The molecule has 0 aromatic heterocycles. The number of hydrogen-bond donors (Lipinski definition) is 3. The minimum Gasteiger partial charge on any atom is -0.497 e. The standard InChI is InChI=1S/C21H27BrN4O2/c1-23-21(26-14-11-16-7-9-19(28-2)10-8-16)25-13-4-12-24-20(27)17-5-3-6-18(22)15-17/h3,5-10,15H,4,11-14H2,1-2H3,(H,24,27)(H2,23,25,26).